The van der Waals surface area contributed by atoms with E-state index >= 15 is 0 Å². The standard InChI is InChI=1S/C10H2Br5NO2/c11-5-6(12)8(14)10(9(15)7(5)13)16-3(17)1-2-4(16)18/h1-2H. The molecule has 0 saturated carbocycles. The molecule has 1 heterocycles. The monoisotopic (exact) mass is 563 g/mol. The average molecular weight is 568 g/mol. The van der Waals surface area contributed by atoms with E-state index in [2.05, 4.69) is 79.6 Å². The molecule has 0 bridgehead atoms. The van der Waals surface area contributed by atoms with Crippen LogP contribution in [0.4, 0.5) is 5.69 Å². The molecule has 0 spiro atoms. The molecule has 0 atom stereocenters. The summed E-state index contributed by atoms with van der Waals surface area (Å²) in [5.41, 5.74) is 0.456. The number of hydrogen-bond donors (Lipinski definition) is 0. The maximum Gasteiger partial charge on any atom is 0.258 e. The topological polar surface area (TPSA) is 37.4 Å². The lowest BCUT2D eigenvalue weighted by Gasteiger charge is -2.20. The van der Waals surface area contributed by atoms with Gasteiger partial charge < -0.3 is 0 Å². The van der Waals surface area contributed by atoms with E-state index in [1.54, 1.807) is 0 Å². The van der Waals surface area contributed by atoms with Gasteiger partial charge in [0.05, 0.1) is 14.6 Å². The van der Waals surface area contributed by atoms with Gasteiger partial charge in [0.1, 0.15) is 0 Å². The van der Waals surface area contributed by atoms with Crippen LogP contribution in [0, 0.1) is 0 Å². The summed E-state index contributed by atoms with van der Waals surface area (Å²) < 4.78 is 3.40. The number of halogens is 5. The lowest BCUT2D eigenvalue weighted by molar-refractivity contribution is -0.120. The number of imide groups is 1. The Balaban J connectivity index is 2.73. The summed E-state index contributed by atoms with van der Waals surface area (Å²) in [6.07, 6.45) is 2.48. The van der Waals surface area contributed by atoms with Crippen LogP contribution in [0.15, 0.2) is 34.5 Å². The third kappa shape index (κ3) is 2.30. The minimum Gasteiger partial charge on any atom is -0.269 e. The van der Waals surface area contributed by atoms with Crippen LogP contribution in [0.1, 0.15) is 0 Å². The van der Waals surface area contributed by atoms with E-state index in [1.807, 2.05) is 0 Å². The summed E-state index contributed by atoms with van der Waals surface area (Å²) in [6.45, 7) is 0. The van der Waals surface area contributed by atoms with Gasteiger partial charge in [-0.2, -0.15) is 0 Å². The van der Waals surface area contributed by atoms with Crippen molar-refractivity contribution < 1.29 is 9.59 Å². The fraction of sp³-hybridized carbons (Fsp3) is 0. The highest BCUT2D eigenvalue weighted by molar-refractivity contribution is 9.15. The van der Waals surface area contributed by atoms with Crippen molar-refractivity contribution in [3.8, 4) is 0 Å². The molecule has 0 radical (unpaired) electrons. The fourth-order valence-corrected chi connectivity index (χ4v) is 4.79. The van der Waals surface area contributed by atoms with Crippen LogP contribution in [0.5, 0.6) is 0 Å². The maximum absolute atomic E-state index is 11.7. The predicted molar refractivity (Wildman–Crippen MR) is 86.6 cm³/mol. The van der Waals surface area contributed by atoms with Crippen molar-refractivity contribution in [1.29, 1.82) is 0 Å². The molecule has 3 nitrogen and oxygen atoms in total. The van der Waals surface area contributed by atoms with E-state index in [1.165, 1.54) is 12.2 Å². The molecule has 2 rings (SSSR count). The van der Waals surface area contributed by atoms with Gasteiger partial charge in [0, 0.05) is 25.6 Å². The largest absolute Gasteiger partial charge is 0.269 e. The molecule has 0 aliphatic carbocycles. The fourth-order valence-electron chi connectivity index (χ4n) is 1.41. The quantitative estimate of drug-likeness (QED) is 0.274. The molecular weight excluding hydrogens is 566 g/mol. The van der Waals surface area contributed by atoms with Crippen molar-refractivity contribution in [3.05, 3.63) is 34.5 Å². The molecule has 1 aliphatic rings. The number of carbonyl (C=O) groups is 2. The number of carbonyl (C=O) groups excluding carboxylic acids is 2. The lowest BCUT2D eigenvalue weighted by Crippen LogP contribution is -2.30. The molecule has 18 heavy (non-hydrogen) atoms. The van der Waals surface area contributed by atoms with E-state index in [9.17, 15) is 9.59 Å². The maximum atomic E-state index is 11.7. The third-order valence-corrected chi connectivity index (χ3v) is 8.27. The molecule has 0 fully saturated rings. The van der Waals surface area contributed by atoms with Crippen LogP contribution in [0.25, 0.3) is 0 Å². The Hall–Kier alpha value is 0.500. The van der Waals surface area contributed by atoms with E-state index in [-0.39, 0.29) is 11.8 Å². The summed E-state index contributed by atoms with van der Waals surface area (Å²) >= 11 is 16.9. The van der Waals surface area contributed by atoms with Crippen LogP contribution in [0.2, 0.25) is 0 Å². The molecule has 1 aromatic carbocycles. The van der Waals surface area contributed by atoms with Crippen LogP contribution in [0.3, 0.4) is 0 Å². The Morgan fingerprint density at radius 1 is 0.667 bits per heavy atom. The molecule has 1 aromatic rings. The van der Waals surface area contributed by atoms with Gasteiger partial charge in [-0.25, -0.2) is 4.90 Å². The Kier molecular flexibility index (Phi) is 4.53. The highest BCUT2D eigenvalue weighted by Crippen LogP contribution is 2.49. The van der Waals surface area contributed by atoms with Gasteiger partial charge in [0.25, 0.3) is 11.8 Å². The van der Waals surface area contributed by atoms with Crippen molar-refractivity contribution in [2.75, 3.05) is 4.90 Å². The van der Waals surface area contributed by atoms with E-state index in [0.29, 0.717) is 23.6 Å². The molecule has 0 unspecified atom stereocenters. The highest BCUT2D eigenvalue weighted by Gasteiger charge is 2.31. The van der Waals surface area contributed by atoms with Crippen molar-refractivity contribution in [2.24, 2.45) is 0 Å². The molecule has 8 heteroatoms. The Labute approximate surface area is 145 Å². The van der Waals surface area contributed by atoms with Gasteiger partial charge in [0.15, 0.2) is 0 Å². The Morgan fingerprint density at radius 2 is 1.00 bits per heavy atom. The second kappa shape index (κ2) is 5.47. The number of anilines is 1. The van der Waals surface area contributed by atoms with Crippen LogP contribution in [-0.2, 0) is 9.59 Å². The normalized spacial score (nSPS) is 14.8. The van der Waals surface area contributed by atoms with Gasteiger partial charge in [-0.3, -0.25) is 9.59 Å². The van der Waals surface area contributed by atoms with Gasteiger partial charge in [-0.1, -0.05) is 0 Å². The van der Waals surface area contributed by atoms with Crippen molar-refractivity contribution in [1.82, 2.24) is 0 Å². The molecule has 94 valence electrons. The smallest absolute Gasteiger partial charge is 0.258 e. The van der Waals surface area contributed by atoms with Gasteiger partial charge in [0.2, 0.25) is 0 Å². The van der Waals surface area contributed by atoms with Crippen molar-refractivity contribution in [3.63, 3.8) is 0 Å². The summed E-state index contributed by atoms with van der Waals surface area (Å²) in [4.78, 5) is 24.6. The summed E-state index contributed by atoms with van der Waals surface area (Å²) in [5.74, 6) is -0.745. The van der Waals surface area contributed by atoms with Gasteiger partial charge >= 0.3 is 0 Å². The van der Waals surface area contributed by atoms with Gasteiger partial charge in [-0.05, 0) is 79.6 Å². The van der Waals surface area contributed by atoms with Crippen LogP contribution >= 0.6 is 79.6 Å². The first kappa shape index (κ1) is 14.9. The first-order valence-electron chi connectivity index (χ1n) is 4.43. The second-order valence-electron chi connectivity index (χ2n) is 3.26. The zero-order valence-electron chi connectivity index (χ0n) is 8.31. The molecule has 0 saturated heterocycles. The van der Waals surface area contributed by atoms with E-state index < -0.39 is 0 Å². The van der Waals surface area contributed by atoms with Crippen molar-refractivity contribution in [2.45, 2.75) is 0 Å². The minimum atomic E-state index is -0.373. The molecule has 0 aromatic heterocycles. The highest BCUT2D eigenvalue weighted by atomic mass is 79.9. The SMILES string of the molecule is O=C1C=CC(=O)N1c1c(Br)c(Br)c(Br)c(Br)c1Br. The van der Waals surface area contributed by atoms with Crippen molar-refractivity contribution >= 4 is 97.2 Å². The molecule has 1 aliphatic heterocycles. The lowest BCUT2D eigenvalue weighted by atomic mass is 10.3. The van der Waals surface area contributed by atoms with Crippen LogP contribution in [-0.4, -0.2) is 11.8 Å². The molecule has 2 amide bonds. The van der Waals surface area contributed by atoms with Crippen LogP contribution < -0.4 is 4.90 Å². The number of hydrogen-bond acceptors (Lipinski definition) is 2. The second-order valence-corrected chi connectivity index (χ2v) is 7.23. The molecular formula is C10H2Br5NO2. The van der Waals surface area contributed by atoms with E-state index in [4.69, 9.17) is 0 Å². The first-order chi connectivity index (χ1) is 8.36. The number of nitrogens with zero attached hydrogens (tertiary/aromatic N) is 1. The molecule has 0 N–H and O–H groups in total. The Morgan fingerprint density at radius 3 is 1.39 bits per heavy atom. The number of rotatable bonds is 1. The zero-order chi connectivity index (χ0) is 13.6. The average Bonchev–Trinajstić information content (AvgIpc) is 2.66. The minimum absolute atomic E-state index is 0.373. The van der Waals surface area contributed by atoms with Gasteiger partial charge in [-0.15, -0.1) is 0 Å². The predicted octanol–water partition coefficient (Wildman–Crippen LogP) is 4.93. The zero-order valence-corrected chi connectivity index (χ0v) is 16.2. The summed E-state index contributed by atoms with van der Waals surface area (Å²) in [7, 11) is 0. The number of amides is 2. The first-order valence-corrected chi connectivity index (χ1v) is 8.40. The Bertz CT molecular complexity index is 564. The summed E-state index contributed by atoms with van der Waals surface area (Å²) in [5, 5.41) is 0. The number of benzene rings is 1. The summed E-state index contributed by atoms with van der Waals surface area (Å²) in [6, 6.07) is 0. The van der Waals surface area contributed by atoms with E-state index in [0.717, 1.165) is 9.37 Å². The third-order valence-electron chi connectivity index (χ3n) is 2.22.